The van der Waals surface area contributed by atoms with Gasteiger partial charge < -0.3 is 10.3 Å². The molecule has 2 heterocycles. The molecular weight excluding hydrogens is 252 g/mol. The Morgan fingerprint density at radius 3 is 2.95 bits per heavy atom. The number of amides is 1. The van der Waals surface area contributed by atoms with Gasteiger partial charge in [-0.2, -0.15) is 0 Å². The average Bonchev–Trinajstić information content (AvgIpc) is 2.91. The van der Waals surface area contributed by atoms with Gasteiger partial charge in [-0.25, -0.2) is 4.98 Å². The van der Waals surface area contributed by atoms with E-state index in [2.05, 4.69) is 17.3 Å². The highest BCUT2D eigenvalue weighted by Gasteiger charge is 2.27. The van der Waals surface area contributed by atoms with E-state index in [9.17, 15) is 4.79 Å². The molecule has 0 spiro atoms. The summed E-state index contributed by atoms with van der Waals surface area (Å²) in [6.07, 6.45) is 2.11. The molecule has 1 aliphatic rings. The lowest BCUT2D eigenvalue weighted by Crippen LogP contribution is -2.34. The van der Waals surface area contributed by atoms with Gasteiger partial charge in [0.15, 0.2) is 0 Å². The van der Waals surface area contributed by atoms with Crippen LogP contribution in [0.1, 0.15) is 30.3 Å². The number of benzene rings is 1. The van der Waals surface area contributed by atoms with E-state index in [4.69, 9.17) is 5.84 Å². The predicted molar refractivity (Wildman–Crippen MR) is 79.3 cm³/mol. The monoisotopic (exact) mass is 270 g/mol. The normalized spacial score (nSPS) is 18.5. The van der Waals surface area contributed by atoms with Crippen molar-refractivity contribution >= 4 is 22.5 Å². The van der Waals surface area contributed by atoms with E-state index in [0.717, 1.165) is 36.0 Å². The molecule has 0 saturated carbocycles. The molecule has 1 aromatic carbocycles. The van der Waals surface area contributed by atoms with Crippen LogP contribution in [0.4, 0.5) is 5.69 Å². The Balaban J connectivity index is 2.05. The second-order valence-corrected chi connectivity index (χ2v) is 5.21. The summed E-state index contributed by atoms with van der Waals surface area (Å²) >= 11 is 0. The number of para-hydroxylation sites is 1. The molecular formula is C15H18N4O. The standard InChI is InChI=1S/C15H18N4O/c1-10-5-4-8-19(10)15(20)14-9-13(18-16)11-6-2-3-7-12(11)17-14/h2-3,6-7,9-10H,4-5,8,16H2,1H3,(H,17,18). The number of nitrogens with two attached hydrogens (primary N) is 1. The molecule has 3 rings (SSSR count). The van der Waals surface area contributed by atoms with E-state index in [1.165, 1.54) is 0 Å². The van der Waals surface area contributed by atoms with Crippen molar-refractivity contribution in [2.75, 3.05) is 12.0 Å². The van der Waals surface area contributed by atoms with Crippen LogP contribution in [-0.2, 0) is 0 Å². The van der Waals surface area contributed by atoms with Gasteiger partial charge in [-0.05, 0) is 31.9 Å². The first kappa shape index (κ1) is 12.9. The zero-order valence-corrected chi connectivity index (χ0v) is 11.5. The Morgan fingerprint density at radius 2 is 2.25 bits per heavy atom. The molecule has 1 fully saturated rings. The Bertz CT molecular complexity index is 655. The van der Waals surface area contributed by atoms with Crippen molar-refractivity contribution in [3.63, 3.8) is 0 Å². The number of aromatic nitrogens is 1. The summed E-state index contributed by atoms with van der Waals surface area (Å²) in [5.41, 5.74) is 4.61. The molecule has 20 heavy (non-hydrogen) atoms. The summed E-state index contributed by atoms with van der Waals surface area (Å²) in [5, 5.41) is 0.918. The predicted octanol–water partition coefficient (Wildman–Crippen LogP) is 2.14. The maximum atomic E-state index is 12.6. The Labute approximate surface area is 117 Å². The van der Waals surface area contributed by atoms with E-state index in [1.807, 2.05) is 29.2 Å². The SMILES string of the molecule is CC1CCCN1C(=O)c1cc(NN)c2ccccc2n1. The molecule has 0 radical (unpaired) electrons. The van der Waals surface area contributed by atoms with E-state index in [1.54, 1.807) is 6.07 Å². The van der Waals surface area contributed by atoms with Crippen LogP contribution in [0.5, 0.6) is 0 Å². The summed E-state index contributed by atoms with van der Waals surface area (Å²) in [6, 6.07) is 9.67. The number of nitrogen functional groups attached to an aromatic ring is 1. The molecule has 1 unspecified atom stereocenters. The first-order valence-corrected chi connectivity index (χ1v) is 6.88. The fraction of sp³-hybridized carbons (Fsp3) is 0.333. The highest BCUT2D eigenvalue weighted by Crippen LogP contribution is 2.25. The summed E-state index contributed by atoms with van der Waals surface area (Å²) in [4.78, 5) is 18.9. The van der Waals surface area contributed by atoms with Crippen LogP contribution in [0.15, 0.2) is 30.3 Å². The van der Waals surface area contributed by atoms with E-state index in [-0.39, 0.29) is 11.9 Å². The summed E-state index contributed by atoms with van der Waals surface area (Å²) < 4.78 is 0. The number of carbonyl (C=O) groups excluding carboxylic acids is 1. The number of nitrogens with one attached hydrogen (secondary N) is 1. The molecule has 0 bridgehead atoms. The number of carbonyl (C=O) groups is 1. The quantitative estimate of drug-likeness (QED) is 0.648. The Kier molecular flexibility index (Phi) is 3.28. The van der Waals surface area contributed by atoms with Crippen molar-refractivity contribution in [3.8, 4) is 0 Å². The van der Waals surface area contributed by atoms with Gasteiger partial charge in [0, 0.05) is 18.0 Å². The highest BCUT2D eigenvalue weighted by atomic mass is 16.2. The lowest BCUT2D eigenvalue weighted by Gasteiger charge is -2.21. The molecule has 1 amide bonds. The van der Waals surface area contributed by atoms with E-state index in [0.29, 0.717) is 5.69 Å². The van der Waals surface area contributed by atoms with Crippen LogP contribution in [-0.4, -0.2) is 28.4 Å². The van der Waals surface area contributed by atoms with Crippen molar-refractivity contribution < 1.29 is 4.79 Å². The molecule has 1 atom stereocenters. The first-order chi connectivity index (χ1) is 9.70. The van der Waals surface area contributed by atoms with Crippen LogP contribution in [0, 0.1) is 0 Å². The number of hydrazine groups is 1. The van der Waals surface area contributed by atoms with Crippen LogP contribution >= 0.6 is 0 Å². The average molecular weight is 270 g/mol. The van der Waals surface area contributed by atoms with E-state index >= 15 is 0 Å². The largest absolute Gasteiger partial charge is 0.335 e. The fourth-order valence-corrected chi connectivity index (χ4v) is 2.79. The molecule has 1 aliphatic heterocycles. The Morgan fingerprint density at radius 1 is 1.45 bits per heavy atom. The number of nitrogens with zero attached hydrogens (tertiary/aromatic N) is 2. The minimum Gasteiger partial charge on any atom is -0.335 e. The van der Waals surface area contributed by atoms with Gasteiger partial charge in [0.1, 0.15) is 5.69 Å². The van der Waals surface area contributed by atoms with Crippen molar-refractivity contribution in [2.24, 2.45) is 5.84 Å². The van der Waals surface area contributed by atoms with Gasteiger partial charge in [0.2, 0.25) is 0 Å². The zero-order valence-electron chi connectivity index (χ0n) is 11.5. The second kappa shape index (κ2) is 5.09. The zero-order chi connectivity index (χ0) is 14.1. The van der Waals surface area contributed by atoms with Gasteiger partial charge in [0.05, 0.1) is 11.2 Å². The number of hydrogen-bond donors (Lipinski definition) is 2. The smallest absolute Gasteiger partial charge is 0.272 e. The van der Waals surface area contributed by atoms with Crippen LogP contribution < -0.4 is 11.3 Å². The maximum Gasteiger partial charge on any atom is 0.272 e. The summed E-state index contributed by atoms with van der Waals surface area (Å²) in [6.45, 7) is 2.88. The minimum atomic E-state index is -0.0164. The van der Waals surface area contributed by atoms with Crippen LogP contribution in [0.2, 0.25) is 0 Å². The molecule has 2 aromatic rings. The molecule has 0 aliphatic carbocycles. The van der Waals surface area contributed by atoms with Crippen LogP contribution in [0.25, 0.3) is 10.9 Å². The summed E-state index contributed by atoms with van der Waals surface area (Å²) in [7, 11) is 0. The van der Waals surface area contributed by atoms with Gasteiger partial charge >= 0.3 is 0 Å². The second-order valence-electron chi connectivity index (χ2n) is 5.21. The van der Waals surface area contributed by atoms with Crippen LogP contribution in [0.3, 0.4) is 0 Å². The van der Waals surface area contributed by atoms with Gasteiger partial charge in [-0.1, -0.05) is 18.2 Å². The van der Waals surface area contributed by atoms with Crippen molar-refractivity contribution in [3.05, 3.63) is 36.0 Å². The topological polar surface area (TPSA) is 71.2 Å². The third-order valence-electron chi connectivity index (χ3n) is 3.90. The fourth-order valence-electron chi connectivity index (χ4n) is 2.79. The van der Waals surface area contributed by atoms with Crippen molar-refractivity contribution in [2.45, 2.75) is 25.8 Å². The molecule has 104 valence electrons. The third kappa shape index (κ3) is 2.10. The van der Waals surface area contributed by atoms with Crippen molar-refractivity contribution in [1.82, 2.24) is 9.88 Å². The number of anilines is 1. The number of pyridine rings is 1. The third-order valence-corrected chi connectivity index (χ3v) is 3.90. The molecule has 3 N–H and O–H groups in total. The molecule has 5 heteroatoms. The molecule has 5 nitrogen and oxygen atoms in total. The lowest BCUT2D eigenvalue weighted by molar-refractivity contribution is 0.0742. The Hall–Kier alpha value is -2.14. The lowest BCUT2D eigenvalue weighted by atomic mass is 10.1. The van der Waals surface area contributed by atoms with E-state index < -0.39 is 0 Å². The minimum absolute atomic E-state index is 0.0164. The number of hydrogen-bond acceptors (Lipinski definition) is 4. The summed E-state index contributed by atoms with van der Waals surface area (Å²) in [5.74, 6) is 5.55. The first-order valence-electron chi connectivity index (χ1n) is 6.88. The van der Waals surface area contributed by atoms with Gasteiger partial charge in [-0.3, -0.25) is 10.6 Å². The number of likely N-dealkylation sites (tertiary alicyclic amines) is 1. The number of fused-ring (bicyclic) bond motifs is 1. The van der Waals surface area contributed by atoms with Gasteiger partial charge in [0.25, 0.3) is 5.91 Å². The number of rotatable bonds is 2. The molecule has 1 aromatic heterocycles. The van der Waals surface area contributed by atoms with Gasteiger partial charge in [-0.15, -0.1) is 0 Å². The van der Waals surface area contributed by atoms with Crippen molar-refractivity contribution in [1.29, 1.82) is 0 Å². The highest BCUT2D eigenvalue weighted by molar-refractivity contribution is 5.99. The maximum absolute atomic E-state index is 12.6. The molecule has 1 saturated heterocycles.